The molecular formula is C19H24N4O2S. The summed E-state index contributed by atoms with van der Waals surface area (Å²) in [5, 5.41) is 3.27. The Balaban J connectivity index is 1.60. The maximum absolute atomic E-state index is 12.7. The van der Waals surface area contributed by atoms with Crippen LogP contribution in [0.15, 0.2) is 42.0 Å². The van der Waals surface area contributed by atoms with Gasteiger partial charge in [-0.25, -0.2) is 0 Å². The summed E-state index contributed by atoms with van der Waals surface area (Å²) in [6.45, 7) is 4.85. The first-order valence-electron chi connectivity index (χ1n) is 9.00. The molecule has 7 heteroatoms. The Morgan fingerprint density at radius 2 is 2.31 bits per heavy atom. The van der Waals surface area contributed by atoms with Crippen LogP contribution in [0, 0.1) is 0 Å². The van der Waals surface area contributed by atoms with E-state index >= 15 is 0 Å². The maximum atomic E-state index is 12.7. The van der Waals surface area contributed by atoms with Crippen LogP contribution < -0.4 is 5.32 Å². The summed E-state index contributed by atoms with van der Waals surface area (Å²) < 4.78 is 0. The molecule has 138 valence electrons. The lowest BCUT2D eigenvalue weighted by atomic mass is 10.2. The minimum Gasteiger partial charge on any atom is -0.353 e. The van der Waals surface area contributed by atoms with Gasteiger partial charge < -0.3 is 5.32 Å². The van der Waals surface area contributed by atoms with Crippen molar-refractivity contribution in [3.8, 4) is 0 Å². The van der Waals surface area contributed by atoms with Crippen LogP contribution in [0.5, 0.6) is 0 Å². The maximum Gasteiger partial charge on any atom is 0.242 e. The molecule has 1 N–H and O–H groups in total. The molecule has 26 heavy (non-hydrogen) atoms. The van der Waals surface area contributed by atoms with Crippen LogP contribution >= 0.6 is 11.8 Å². The van der Waals surface area contributed by atoms with Gasteiger partial charge in [-0.15, -0.1) is 6.58 Å². The number of hydrogen-bond acceptors (Lipinski definition) is 5. The highest BCUT2D eigenvalue weighted by Gasteiger charge is 2.39. The molecule has 6 nitrogen and oxygen atoms in total. The number of aromatic nitrogens is 1. The van der Waals surface area contributed by atoms with Crippen LogP contribution in [0.3, 0.4) is 0 Å². The summed E-state index contributed by atoms with van der Waals surface area (Å²) in [5.41, 5.74) is 0.976. The van der Waals surface area contributed by atoms with E-state index in [4.69, 9.17) is 0 Å². The second-order valence-corrected chi connectivity index (χ2v) is 7.62. The van der Waals surface area contributed by atoms with Crippen molar-refractivity contribution >= 4 is 28.7 Å². The third-order valence-corrected chi connectivity index (χ3v) is 5.44. The molecule has 2 fully saturated rings. The van der Waals surface area contributed by atoms with Gasteiger partial charge in [0.1, 0.15) is 5.25 Å². The molecule has 1 saturated carbocycles. The SMILES string of the molecule is C=CCCN1C(=O)C(CC(=O)NC2CC2)SC1=NCCc1ccccn1. The van der Waals surface area contributed by atoms with E-state index in [2.05, 4.69) is 21.9 Å². The van der Waals surface area contributed by atoms with Gasteiger partial charge in [0.15, 0.2) is 5.17 Å². The number of nitrogens with one attached hydrogen (secondary N) is 1. The van der Waals surface area contributed by atoms with Crippen LogP contribution in [0.25, 0.3) is 0 Å². The number of amides is 2. The van der Waals surface area contributed by atoms with Gasteiger partial charge >= 0.3 is 0 Å². The highest BCUT2D eigenvalue weighted by atomic mass is 32.2. The van der Waals surface area contributed by atoms with Crippen LogP contribution in [0.1, 0.15) is 31.4 Å². The van der Waals surface area contributed by atoms with Gasteiger partial charge in [-0.05, 0) is 31.4 Å². The number of aliphatic imine (C=N–C) groups is 1. The fourth-order valence-corrected chi connectivity index (χ4v) is 3.87. The van der Waals surface area contributed by atoms with E-state index < -0.39 is 0 Å². The van der Waals surface area contributed by atoms with Crippen LogP contribution in [0.4, 0.5) is 0 Å². The van der Waals surface area contributed by atoms with Crippen LogP contribution in [0.2, 0.25) is 0 Å². The Hall–Kier alpha value is -2.15. The van der Waals surface area contributed by atoms with Gasteiger partial charge in [0.2, 0.25) is 11.8 Å². The second-order valence-electron chi connectivity index (χ2n) is 6.46. The molecule has 0 radical (unpaired) electrons. The van der Waals surface area contributed by atoms with Crippen molar-refractivity contribution in [2.45, 2.75) is 43.4 Å². The number of nitrogens with zero attached hydrogens (tertiary/aromatic N) is 3. The summed E-state index contributed by atoms with van der Waals surface area (Å²) in [6.07, 6.45) is 7.28. The van der Waals surface area contributed by atoms with Crippen molar-refractivity contribution in [3.05, 3.63) is 42.7 Å². The Morgan fingerprint density at radius 1 is 1.46 bits per heavy atom. The standard InChI is InChI=1S/C19H24N4O2S/c1-2-3-12-23-18(25)16(13-17(24)22-15-7-8-15)26-19(23)21-11-9-14-6-4-5-10-20-14/h2,4-6,10,15-16H,1,3,7-9,11-13H2,(H,22,24). The average Bonchev–Trinajstić information content (AvgIpc) is 3.40. The zero-order valence-electron chi connectivity index (χ0n) is 14.8. The topological polar surface area (TPSA) is 74.7 Å². The van der Waals surface area contributed by atoms with Gasteiger partial charge in [-0.2, -0.15) is 0 Å². The highest BCUT2D eigenvalue weighted by Crippen LogP contribution is 2.30. The number of carbonyl (C=O) groups excluding carboxylic acids is 2. The lowest BCUT2D eigenvalue weighted by molar-refractivity contribution is -0.129. The normalized spacial score (nSPS) is 21.2. The quantitative estimate of drug-likeness (QED) is 0.674. The molecule has 1 saturated heterocycles. The fraction of sp³-hybridized carbons (Fsp3) is 0.474. The van der Waals surface area contributed by atoms with Crippen molar-refractivity contribution in [2.24, 2.45) is 4.99 Å². The largest absolute Gasteiger partial charge is 0.353 e. The summed E-state index contributed by atoms with van der Waals surface area (Å²) in [4.78, 5) is 35.3. The number of carbonyl (C=O) groups is 2. The average molecular weight is 372 g/mol. The molecule has 3 rings (SSSR count). The van der Waals surface area contributed by atoms with E-state index in [-0.39, 0.29) is 23.5 Å². The smallest absolute Gasteiger partial charge is 0.242 e. The molecule has 2 amide bonds. The van der Waals surface area contributed by atoms with Crippen molar-refractivity contribution < 1.29 is 9.59 Å². The van der Waals surface area contributed by atoms with E-state index in [1.807, 2.05) is 18.2 Å². The molecule has 0 aromatic carbocycles. The first kappa shape index (κ1) is 18.6. The molecule has 2 aliphatic rings. The molecule has 2 heterocycles. The van der Waals surface area contributed by atoms with Crippen molar-refractivity contribution in [1.29, 1.82) is 0 Å². The molecule has 0 spiro atoms. The number of hydrogen-bond donors (Lipinski definition) is 1. The third-order valence-electron chi connectivity index (χ3n) is 4.23. The van der Waals surface area contributed by atoms with Gasteiger partial charge in [-0.3, -0.25) is 24.5 Å². The molecule has 1 atom stereocenters. The summed E-state index contributed by atoms with van der Waals surface area (Å²) in [5.74, 6) is -0.0730. The van der Waals surface area contributed by atoms with Crippen LogP contribution in [-0.2, 0) is 16.0 Å². The van der Waals surface area contributed by atoms with E-state index in [1.165, 1.54) is 11.8 Å². The Labute approximate surface area is 158 Å². The van der Waals surface area contributed by atoms with Crippen molar-refractivity contribution in [2.75, 3.05) is 13.1 Å². The second kappa shape index (κ2) is 8.98. The monoisotopic (exact) mass is 372 g/mol. The third kappa shape index (κ3) is 5.17. The van der Waals surface area contributed by atoms with E-state index in [9.17, 15) is 9.59 Å². The number of pyridine rings is 1. The molecule has 1 aliphatic heterocycles. The number of rotatable bonds is 9. The number of amidine groups is 1. The lowest BCUT2D eigenvalue weighted by Gasteiger charge is -2.15. The predicted octanol–water partition coefficient (Wildman–Crippen LogP) is 2.17. The highest BCUT2D eigenvalue weighted by molar-refractivity contribution is 8.15. The van der Waals surface area contributed by atoms with Gasteiger partial charge in [0, 0.05) is 43.9 Å². The zero-order chi connectivity index (χ0) is 18.4. The van der Waals surface area contributed by atoms with E-state index in [0.717, 1.165) is 25.0 Å². The van der Waals surface area contributed by atoms with Crippen molar-refractivity contribution in [1.82, 2.24) is 15.2 Å². The molecule has 1 aromatic heterocycles. The minimum atomic E-state index is -0.382. The fourth-order valence-electron chi connectivity index (χ4n) is 2.68. The molecule has 0 bridgehead atoms. The van der Waals surface area contributed by atoms with Gasteiger partial charge in [0.05, 0.1) is 0 Å². The first-order chi connectivity index (χ1) is 12.7. The number of thioether (sulfide) groups is 1. The lowest BCUT2D eigenvalue weighted by Crippen LogP contribution is -2.35. The van der Waals surface area contributed by atoms with E-state index in [0.29, 0.717) is 30.7 Å². The zero-order valence-corrected chi connectivity index (χ0v) is 15.6. The van der Waals surface area contributed by atoms with Gasteiger partial charge in [-0.1, -0.05) is 23.9 Å². The Morgan fingerprint density at radius 3 is 3.00 bits per heavy atom. The first-order valence-corrected chi connectivity index (χ1v) is 9.88. The van der Waals surface area contributed by atoms with Crippen LogP contribution in [-0.4, -0.2) is 51.2 Å². The molecule has 1 unspecified atom stereocenters. The summed E-state index contributed by atoms with van der Waals surface area (Å²) in [6, 6.07) is 6.12. The van der Waals surface area contributed by atoms with E-state index in [1.54, 1.807) is 17.2 Å². The Bertz CT molecular complexity index is 688. The van der Waals surface area contributed by atoms with Crippen molar-refractivity contribution in [3.63, 3.8) is 0 Å². The summed E-state index contributed by atoms with van der Waals surface area (Å²) >= 11 is 1.40. The minimum absolute atomic E-state index is 0.0283. The predicted molar refractivity (Wildman–Crippen MR) is 104 cm³/mol. The molecule has 1 aliphatic carbocycles. The Kier molecular flexibility index (Phi) is 6.44. The molecule has 1 aromatic rings. The molecular weight excluding hydrogens is 348 g/mol. The summed E-state index contributed by atoms with van der Waals surface area (Å²) in [7, 11) is 0. The van der Waals surface area contributed by atoms with Gasteiger partial charge in [0.25, 0.3) is 0 Å².